The van der Waals surface area contributed by atoms with Gasteiger partial charge in [0, 0.05) is 51.7 Å². The van der Waals surface area contributed by atoms with Crippen LogP contribution in [0.5, 0.6) is 5.75 Å². The molecule has 18 heteroatoms. The van der Waals surface area contributed by atoms with Crippen molar-refractivity contribution in [2.24, 2.45) is 5.41 Å². The number of halogens is 6. The largest absolute Gasteiger partial charge is 0.490 e. The molecule has 50 heavy (non-hydrogen) atoms. The maximum Gasteiger partial charge on any atom is 0.490 e. The number of aromatic nitrogens is 1. The van der Waals surface area contributed by atoms with Crippen molar-refractivity contribution in [1.82, 2.24) is 15.4 Å². The van der Waals surface area contributed by atoms with Gasteiger partial charge in [0.05, 0.1) is 16.3 Å². The van der Waals surface area contributed by atoms with E-state index in [0.717, 1.165) is 41.5 Å². The summed E-state index contributed by atoms with van der Waals surface area (Å²) in [5.41, 5.74) is 4.28. The van der Waals surface area contributed by atoms with Gasteiger partial charge in [0.25, 0.3) is 0 Å². The Balaban J connectivity index is 0.000000521. The number of carboxylic acids is 2. The number of nitrogens with one attached hydrogen (secondary N) is 1. The number of hydrogen-bond acceptors (Lipinski definition) is 8. The molecule has 0 bridgehead atoms. The standard InChI is InChI=1S/C28H35N3O4S.2C2HF3O2/c1-20(2)31-14-6-13-28(18-31,16-27(32)30-33)19-36(34)24-11-9-23(10-12-24)35-17-22-15-21(3)29-26-8-5-4-7-25(22)26;2*3-2(4,5)1(6)7/h4-5,7-12,15,20,33H,6,13-14,16-19H2,1-3H3,(H,30,32);2*(H,6,7). The third-order valence-corrected chi connectivity index (χ3v) is 9.09. The summed E-state index contributed by atoms with van der Waals surface area (Å²) in [6.45, 7) is 8.30. The van der Waals surface area contributed by atoms with Crippen molar-refractivity contribution in [3.63, 3.8) is 0 Å². The molecule has 1 aromatic heterocycles. The highest BCUT2D eigenvalue weighted by molar-refractivity contribution is 7.85. The van der Waals surface area contributed by atoms with Crippen LogP contribution in [0.4, 0.5) is 26.3 Å². The first kappa shape index (κ1) is 41.9. The molecule has 2 heterocycles. The van der Waals surface area contributed by atoms with Gasteiger partial charge in [0.1, 0.15) is 12.4 Å². The lowest BCUT2D eigenvalue weighted by molar-refractivity contribution is -0.193. The Hall–Kier alpha value is -4.29. The molecule has 0 radical (unpaired) electrons. The van der Waals surface area contributed by atoms with E-state index in [4.69, 9.17) is 29.7 Å². The lowest BCUT2D eigenvalue weighted by Gasteiger charge is -2.44. The van der Waals surface area contributed by atoms with E-state index in [1.54, 1.807) is 5.48 Å². The van der Waals surface area contributed by atoms with Gasteiger partial charge >= 0.3 is 24.3 Å². The van der Waals surface area contributed by atoms with Crippen LogP contribution in [-0.4, -0.2) is 84.6 Å². The molecular weight excluding hydrogens is 700 g/mol. The molecule has 1 saturated heterocycles. The molecule has 1 fully saturated rings. The fraction of sp³-hybridized carbons (Fsp3) is 0.438. The molecule has 1 aliphatic rings. The Bertz CT molecular complexity index is 1610. The number of carboxylic acid groups (broad SMARTS) is 2. The first-order valence-electron chi connectivity index (χ1n) is 14.9. The van der Waals surface area contributed by atoms with Crippen molar-refractivity contribution < 1.29 is 65.1 Å². The molecule has 4 rings (SSSR count). The second-order valence-corrected chi connectivity index (χ2v) is 13.1. The smallest absolute Gasteiger partial charge is 0.489 e. The van der Waals surface area contributed by atoms with E-state index in [0.29, 0.717) is 35.6 Å². The number of aryl methyl sites for hydroxylation is 1. The summed E-state index contributed by atoms with van der Waals surface area (Å²) in [7, 11) is -1.29. The van der Waals surface area contributed by atoms with Crippen molar-refractivity contribution in [3.05, 3.63) is 65.9 Å². The van der Waals surface area contributed by atoms with Gasteiger partial charge in [-0.15, -0.1) is 0 Å². The van der Waals surface area contributed by atoms with Crippen LogP contribution in [0.1, 0.15) is 44.4 Å². The van der Waals surface area contributed by atoms with E-state index in [-0.39, 0.29) is 6.42 Å². The normalized spacial score (nSPS) is 17.1. The Labute approximate surface area is 285 Å². The zero-order valence-electron chi connectivity index (χ0n) is 27.2. The summed E-state index contributed by atoms with van der Waals surface area (Å²) in [5, 5.41) is 24.5. The SMILES string of the molecule is Cc1cc(COc2ccc(S(=O)CC3(CC(=O)NO)CCCN(C(C)C)C3)cc2)c2ccccc2n1.O=C(O)C(F)(F)F.O=C(O)C(F)(F)F. The minimum Gasteiger partial charge on any atom is -0.489 e. The van der Waals surface area contributed by atoms with Crippen LogP contribution < -0.4 is 10.2 Å². The average molecular weight is 738 g/mol. The van der Waals surface area contributed by atoms with Crippen molar-refractivity contribution in [2.45, 2.75) is 69.9 Å². The number of ether oxygens (including phenoxy) is 1. The molecule has 2 atom stereocenters. The Morgan fingerprint density at radius 1 is 1.00 bits per heavy atom. The number of likely N-dealkylation sites (tertiary alicyclic amines) is 1. The highest BCUT2D eigenvalue weighted by atomic mass is 32.2. The summed E-state index contributed by atoms with van der Waals surface area (Å²) in [4.78, 5) is 37.5. The van der Waals surface area contributed by atoms with Crippen LogP contribution in [0.2, 0.25) is 0 Å². The molecular formula is C32H37F6N3O8S. The molecule has 4 N–H and O–H groups in total. The average Bonchev–Trinajstić information content (AvgIpc) is 3.03. The van der Waals surface area contributed by atoms with Crippen molar-refractivity contribution in [1.29, 1.82) is 0 Å². The van der Waals surface area contributed by atoms with Crippen LogP contribution in [0, 0.1) is 12.3 Å². The number of hydrogen-bond donors (Lipinski definition) is 4. The van der Waals surface area contributed by atoms with Crippen LogP contribution >= 0.6 is 0 Å². The van der Waals surface area contributed by atoms with Crippen molar-refractivity contribution in [2.75, 3.05) is 18.8 Å². The van der Waals surface area contributed by atoms with E-state index in [2.05, 4.69) is 23.7 Å². The Morgan fingerprint density at radius 2 is 1.56 bits per heavy atom. The predicted molar refractivity (Wildman–Crippen MR) is 169 cm³/mol. The predicted octanol–water partition coefficient (Wildman–Crippen LogP) is 5.88. The first-order chi connectivity index (χ1) is 23.2. The van der Waals surface area contributed by atoms with Gasteiger partial charge in [-0.05, 0) is 76.6 Å². The number of rotatable bonds is 9. The van der Waals surface area contributed by atoms with E-state index in [9.17, 15) is 35.3 Å². The molecule has 276 valence electrons. The third-order valence-electron chi connectivity index (χ3n) is 7.41. The van der Waals surface area contributed by atoms with Gasteiger partial charge in [-0.25, -0.2) is 15.1 Å². The number of alkyl halides is 6. The minimum absolute atomic E-state index is 0.152. The van der Waals surface area contributed by atoms with Crippen LogP contribution in [0.25, 0.3) is 10.9 Å². The number of piperidine rings is 1. The van der Waals surface area contributed by atoms with E-state index in [1.807, 2.05) is 61.5 Å². The second kappa shape index (κ2) is 18.1. The van der Waals surface area contributed by atoms with Crippen LogP contribution in [0.3, 0.4) is 0 Å². The molecule has 0 spiro atoms. The maximum absolute atomic E-state index is 13.4. The highest BCUT2D eigenvalue weighted by Crippen LogP contribution is 2.36. The lowest BCUT2D eigenvalue weighted by atomic mass is 9.78. The number of benzene rings is 2. The molecule has 2 unspecified atom stereocenters. The summed E-state index contributed by atoms with van der Waals surface area (Å²) in [5.74, 6) is -4.88. The number of aliphatic carboxylic acids is 2. The van der Waals surface area contributed by atoms with E-state index >= 15 is 0 Å². The van der Waals surface area contributed by atoms with Gasteiger partial charge in [-0.2, -0.15) is 26.3 Å². The number of pyridine rings is 1. The van der Waals surface area contributed by atoms with Crippen molar-refractivity contribution in [3.8, 4) is 5.75 Å². The Morgan fingerprint density at radius 3 is 2.08 bits per heavy atom. The molecule has 1 aliphatic heterocycles. The first-order valence-corrected chi connectivity index (χ1v) is 16.2. The second-order valence-electron chi connectivity index (χ2n) is 11.7. The zero-order valence-corrected chi connectivity index (χ0v) is 28.0. The maximum atomic E-state index is 13.4. The number of fused-ring (bicyclic) bond motifs is 1. The monoisotopic (exact) mass is 737 g/mol. The lowest BCUT2D eigenvalue weighted by Crippen LogP contribution is -2.50. The molecule has 0 saturated carbocycles. The number of para-hydroxylation sites is 1. The van der Waals surface area contributed by atoms with Gasteiger partial charge in [0.2, 0.25) is 5.91 Å². The summed E-state index contributed by atoms with van der Waals surface area (Å²) in [6, 6.07) is 17.8. The highest BCUT2D eigenvalue weighted by Gasteiger charge is 2.40. The molecule has 0 aliphatic carbocycles. The van der Waals surface area contributed by atoms with E-state index in [1.165, 1.54) is 0 Å². The van der Waals surface area contributed by atoms with Gasteiger partial charge in [0.15, 0.2) is 0 Å². The third kappa shape index (κ3) is 13.2. The van der Waals surface area contributed by atoms with Gasteiger partial charge in [-0.3, -0.25) is 19.2 Å². The fourth-order valence-electron chi connectivity index (χ4n) is 5.10. The summed E-state index contributed by atoms with van der Waals surface area (Å²) >= 11 is 0. The summed E-state index contributed by atoms with van der Waals surface area (Å²) < 4.78 is 82.9. The number of nitrogens with zero attached hydrogens (tertiary/aromatic N) is 2. The number of amides is 1. The van der Waals surface area contributed by atoms with E-state index < -0.39 is 46.4 Å². The fourth-order valence-corrected chi connectivity index (χ4v) is 6.60. The van der Waals surface area contributed by atoms with Gasteiger partial charge in [-0.1, -0.05) is 18.2 Å². The van der Waals surface area contributed by atoms with Crippen LogP contribution in [-0.2, 0) is 31.8 Å². The number of hydroxylamine groups is 1. The van der Waals surface area contributed by atoms with Crippen molar-refractivity contribution >= 4 is 39.5 Å². The minimum atomic E-state index is -5.08. The van der Waals surface area contributed by atoms with Gasteiger partial charge < -0.3 is 19.8 Å². The summed E-state index contributed by atoms with van der Waals surface area (Å²) in [6.07, 6.45) is -8.28. The zero-order chi connectivity index (χ0) is 37.9. The number of carbonyl (C=O) groups is 3. The Kier molecular flexibility index (Phi) is 15.2. The quantitative estimate of drug-likeness (QED) is 0.118. The molecule has 2 aromatic carbocycles. The van der Waals surface area contributed by atoms with Crippen LogP contribution in [0.15, 0.2) is 59.5 Å². The topological polar surface area (TPSA) is 166 Å². The molecule has 11 nitrogen and oxygen atoms in total. The number of carbonyl (C=O) groups excluding carboxylic acids is 1. The molecule has 3 aromatic rings. The molecule has 1 amide bonds.